The Morgan fingerprint density at radius 1 is 0.893 bits per heavy atom. The van der Waals surface area contributed by atoms with Crippen LogP contribution in [0.1, 0.15) is 13.3 Å². The van der Waals surface area contributed by atoms with Gasteiger partial charge in [0.15, 0.2) is 5.82 Å². The van der Waals surface area contributed by atoms with Gasteiger partial charge in [-0.25, -0.2) is 4.98 Å². The van der Waals surface area contributed by atoms with E-state index in [1.54, 1.807) is 12.3 Å². The van der Waals surface area contributed by atoms with Crippen LogP contribution in [0.3, 0.4) is 0 Å². The zero-order valence-corrected chi connectivity index (χ0v) is 16.1. The summed E-state index contributed by atoms with van der Waals surface area (Å²) in [5.74, 6) is 1.80. The van der Waals surface area contributed by atoms with Crippen LogP contribution in [0, 0.1) is 0 Å². The standard InChI is InChI=1S/C18H25N7O3/c1-2-9-28-18-19-4-3-14(20-18)15-21-16(24-5-10-26-11-6-24)23-17(22-15)25-7-12-27-13-8-25/h3-4H,2,5-13H2,1H3. The molecule has 0 N–H and O–H groups in total. The van der Waals surface area contributed by atoms with Crippen molar-refractivity contribution in [3.8, 4) is 17.5 Å². The number of nitrogens with zero attached hydrogens (tertiary/aromatic N) is 7. The van der Waals surface area contributed by atoms with E-state index in [0.717, 1.165) is 32.6 Å². The fraction of sp³-hybridized carbons (Fsp3) is 0.611. The quantitative estimate of drug-likeness (QED) is 0.707. The van der Waals surface area contributed by atoms with Gasteiger partial charge in [0.2, 0.25) is 11.9 Å². The smallest absolute Gasteiger partial charge is 0.317 e. The van der Waals surface area contributed by atoms with Crippen molar-refractivity contribution in [3.63, 3.8) is 0 Å². The number of aromatic nitrogens is 5. The summed E-state index contributed by atoms with van der Waals surface area (Å²) in [6.07, 6.45) is 2.56. The molecule has 0 spiro atoms. The lowest BCUT2D eigenvalue weighted by Crippen LogP contribution is -2.40. The molecule has 0 atom stereocenters. The molecule has 0 bridgehead atoms. The van der Waals surface area contributed by atoms with E-state index in [4.69, 9.17) is 19.2 Å². The third-order valence-corrected chi connectivity index (χ3v) is 4.50. The van der Waals surface area contributed by atoms with E-state index in [-0.39, 0.29) is 0 Å². The van der Waals surface area contributed by atoms with Crippen LogP contribution in [0.15, 0.2) is 12.3 Å². The fourth-order valence-corrected chi connectivity index (χ4v) is 3.01. The third-order valence-electron chi connectivity index (χ3n) is 4.50. The second-order valence-corrected chi connectivity index (χ2v) is 6.53. The molecule has 10 nitrogen and oxygen atoms in total. The van der Waals surface area contributed by atoms with Crippen molar-refractivity contribution in [1.29, 1.82) is 0 Å². The van der Waals surface area contributed by atoms with E-state index in [1.807, 2.05) is 6.92 Å². The molecule has 10 heteroatoms. The number of rotatable bonds is 6. The Labute approximate surface area is 163 Å². The predicted molar refractivity (Wildman–Crippen MR) is 103 cm³/mol. The Morgan fingerprint density at radius 3 is 2.07 bits per heavy atom. The highest BCUT2D eigenvalue weighted by Gasteiger charge is 2.21. The van der Waals surface area contributed by atoms with Crippen LogP contribution in [0.2, 0.25) is 0 Å². The summed E-state index contributed by atoms with van der Waals surface area (Å²) < 4.78 is 16.5. The van der Waals surface area contributed by atoms with Crippen LogP contribution in [0.4, 0.5) is 11.9 Å². The summed E-state index contributed by atoms with van der Waals surface area (Å²) in [4.78, 5) is 27.0. The predicted octanol–water partition coefficient (Wildman–Crippen LogP) is 0.791. The van der Waals surface area contributed by atoms with Crippen molar-refractivity contribution >= 4 is 11.9 Å². The minimum Gasteiger partial charge on any atom is -0.463 e. The number of morpholine rings is 2. The Balaban J connectivity index is 1.68. The van der Waals surface area contributed by atoms with E-state index in [0.29, 0.717) is 62.5 Å². The van der Waals surface area contributed by atoms with E-state index in [2.05, 4.69) is 29.7 Å². The Kier molecular flexibility index (Phi) is 6.07. The molecule has 0 saturated carbocycles. The van der Waals surface area contributed by atoms with Gasteiger partial charge in [-0.2, -0.15) is 19.9 Å². The first-order valence-electron chi connectivity index (χ1n) is 9.71. The number of ether oxygens (including phenoxy) is 3. The zero-order valence-electron chi connectivity index (χ0n) is 16.1. The highest BCUT2D eigenvalue weighted by Crippen LogP contribution is 2.22. The highest BCUT2D eigenvalue weighted by molar-refractivity contribution is 5.54. The molecule has 2 saturated heterocycles. The van der Waals surface area contributed by atoms with Gasteiger partial charge in [0.25, 0.3) is 0 Å². The lowest BCUT2D eigenvalue weighted by Gasteiger charge is -2.30. The molecule has 0 radical (unpaired) electrons. The third kappa shape index (κ3) is 4.45. The molecule has 2 fully saturated rings. The molecule has 0 aliphatic carbocycles. The van der Waals surface area contributed by atoms with E-state index in [1.165, 1.54) is 0 Å². The molecule has 0 amide bonds. The van der Waals surface area contributed by atoms with Crippen molar-refractivity contribution in [2.24, 2.45) is 0 Å². The molecule has 2 aliphatic heterocycles. The van der Waals surface area contributed by atoms with Crippen molar-refractivity contribution in [1.82, 2.24) is 24.9 Å². The van der Waals surface area contributed by atoms with Crippen LogP contribution in [0.25, 0.3) is 11.5 Å². The number of hydrogen-bond donors (Lipinski definition) is 0. The molecular weight excluding hydrogens is 362 g/mol. The Hall–Kier alpha value is -2.59. The molecule has 2 aliphatic rings. The number of anilines is 2. The lowest BCUT2D eigenvalue weighted by atomic mass is 10.3. The largest absolute Gasteiger partial charge is 0.463 e. The molecule has 150 valence electrons. The van der Waals surface area contributed by atoms with Crippen molar-refractivity contribution < 1.29 is 14.2 Å². The van der Waals surface area contributed by atoms with Gasteiger partial charge in [0.05, 0.1) is 33.0 Å². The minimum absolute atomic E-state index is 0.334. The van der Waals surface area contributed by atoms with Gasteiger partial charge in [-0.15, -0.1) is 0 Å². The molecule has 28 heavy (non-hydrogen) atoms. The van der Waals surface area contributed by atoms with Gasteiger partial charge in [0.1, 0.15) is 5.69 Å². The number of hydrogen-bond acceptors (Lipinski definition) is 10. The van der Waals surface area contributed by atoms with Crippen molar-refractivity contribution in [2.75, 3.05) is 69.0 Å². The normalized spacial score (nSPS) is 17.6. The maximum Gasteiger partial charge on any atom is 0.317 e. The van der Waals surface area contributed by atoms with Crippen LogP contribution in [-0.2, 0) is 9.47 Å². The Morgan fingerprint density at radius 2 is 1.50 bits per heavy atom. The van der Waals surface area contributed by atoms with Crippen LogP contribution >= 0.6 is 0 Å². The monoisotopic (exact) mass is 387 g/mol. The van der Waals surface area contributed by atoms with Crippen LogP contribution in [-0.4, -0.2) is 84.1 Å². The van der Waals surface area contributed by atoms with Gasteiger partial charge in [-0.05, 0) is 12.5 Å². The summed E-state index contributed by atoms with van der Waals surface area (Å²) >= 11 is 0. The zero-order chi connectivity index (χ0) is 19.2. The summed E-state index contributed by atoms with van der Waals surface area (Å²) in [6, 6.07) is 2.13. The van der Waals surface area contributed by atoms with Crippen LogP contribution < -0.4 is 14.5 Å². The van der Waals surface area contributed by atoms with Gasteiger partial charge < -0.3 is 24.0 Å². The topological polar surface area (TPSA) is 98.6 Å². The van der Waals surface area contributed by atoms with Gasteiger partial charge in [-0.1, -0.05) is 6.92 Å². The molecule has 2 aromatic rings. The summed E-state index contributed by atoms with van der Waals surface area (Å²) in [6.45, 7) is 8.26. The maximum atomic E-state index is 5.56. The summed E-state index contributed by atoms with van der Waals surface area (Å²) in [7, 11) is 0. The molecule has 2 aromatic heterocycles. The second kappa shape index (κ2) is 9.07. The summed E-state index contributed by atoms with van der Waals surface area (Å²) in [5, 5.41) is 0. The van der Waals surface area contributed by atoms with Gasteiger partial charge >= 0.3 is 6.01 Å². The van der Waals surface area contributed by atoms with Gasteiger partial charge in [-0.3, -0.25) is 0 Å². The first-order chi connectivity index (χ1) is 13.8. The molecule has 4 rings (SSSR count). The molecule has 0 unspecified atom stereocenters. The Bertz CT molecular complexity index is 743. The first-order valence-corrected chi connectivity index (χ1v) is 9.71. The maximum absolute atomic E-state index is 5.56. The molecular formula is C18H25N7O3. The first kappa shape index (κ1) is 18.8. The fourth-order valence-electron chi connectivity index (χ4n) is 3.01. The SMILES string of the molecule is CCCOc1nccc(-c2nc(N3CCOCC3)nc(N3CCOCC3)n2)n1. The van der Waals surface area contributed by atoms with E-state index in [9.17, 15) is 0 Å². The lowest BCUT2D eigenvalue weighted by molar-refractivity contribution is 0.121. The average Bonchev–Trinajstić information content (AvgIpc) is 2.79. The van der Waals surface area contributed by atoms with E-state index < -0.39 is 0 Å². The van der Waals surface area contributed by atoms with Crippen molar-refractivity contribution in [2.45, 2.75) is 13.3 Å². The molecule has 0 aromatic carbocycles. The second-order valence-electron chi connectivity index (χ2n) is 6.53. The van der Waals surface area contributed by atoms with Crippen LogP contribution in [0.5, 0.6) is 6.01 Å². The van der Waals surface area contributed by atoms with E-state index >= 15 is 0 Å². The van der Waals surface area contributed by atoms with Crippen molar-refractivity contribution in [3.05, 3.63) is 12.3 Å². The average molecular weight is 387 g/mol. The summed E-state index contributed by atoms with van der Waals surface area (Å²) in [5.41, 5.74) is 0.618. The minimum atomic E-state index is 0.334. The highest BCUT2D eigenvalue weighted by atomic mass is 16.5. The van der Waals surface area contributed by atoms with Gasteiger partial charge in [0, 0.05) is 32.4 Å². The molecule has 4 heterocycles.